The molecule has 0 unspecified atom stereocenters. The Hall–Kier alpha value is -2.73. The van der Waals surface area contributed by atoms with Crippen LogP contribution in [0.15, 0.2) is 41.3 Å². The Morgan fingerprint density at radius 2 is 1.93 bits per heavy atom. The minimum atomic E-state index is -0.738. The number of benzene rings is 1. The molecule has 0 bridgehead atoms. The Balaban J connectivity index is 1.83. The van der Waals surface area contributed by atoms with E-state index in [0.717, 1.165) is 36.9 Å². The van der Waals surface area contributed by atoms with Gasteiger partial charge in [-0.1, -0.05) is 30.5 Å². The molecule has 144 valence electrons. The molecule has 1 fully saturated rings. The van der Waals surface area contributed by atoms with Crippen LogP contribution in [0, 0.1) is 5.82 Å². The second kappa shape index (κ2) is 7.36. The topological polar surface area (TPSA) is 88.8 Å². The van der Waals surface area contributed by atoms with Gasteiger partial charge in [0, 0.05) is 28.9 Å². The van der Waals surface area contributed by atoms with Crippen molar-refractivity contribution in [2.45, 2.75) is 37.5 Å². The molecule has 0 spiro atoms. The number of aromatic nitrogens is 2. The standard InChI is InChI=1S/C21H19ClFN3O2/c22-15-9-11(23)5-6-13(15)12-3-1-2-4-14(12)17-10-18(27)19-16(26-17)7-8-25-20(19)21(24)28/h5-10,12,14H,1-4H2,(H2,24,28)(H,26,27)/t12-,14+/m1/s1. The van der Waals surface area contributed by atoms with Crippen molar-refractivity contribution in [3.05, 3.63) is 74.5 Å². The Labute approximate surface area is 165 Å². The van der Waals surface area contributed by atoms with Crippen molar-refractivity contribution in [2.24, 2.45) is 5.73 Å². The summed E-state index contributed by atoms with van der Waals surface area (Å²) in [5, 5.41) is 0.603. The van der Waals surface area contributed by atoms with Gasteiger partial charge in [-0.25, -0.2) is 4.39 Å². The van der Waals surface area contributed by atoms with Crippen LogP contribution in [0.5, 0.6) is 0 Å². The van der Waals surface area contributed by atoms with Crippen molar-refractivity contribution in [3.8, 4) is 0 Å². The fourth-order valence-electron chi connectivity index (χ4n) is 4.28. The molecule has 1 amide bonds. The highest BCUT2D eigenvalue weighted by Crippen LogP contribution is 2.45. The van der Waals surface area contributed by atoms with E-state index in [-0.39, 0.29) is 34.2 Å². The van der Waals surface area contributed by atoms with Crippen LogP contribution in [-0.4, -0.2) is 15.9 Å². The average molecular weight is 400 g/mol. The van der Waals surface area contributed by atoms with Gasteiger partial charge in [-0.05, 0) is 42.5 Å². The molecule has 1 aliphatic carbocycles. The molecule has 5 nitrogen and oxygen atoms in total. The maximum Gasteiger partial charge on any atom is 0.268 e. The van der Waals surface area contributed by atoms with Crippen molar-refractivity contribution < 1.29 is 9.18 Å². The number of carbonyl (C=O) groups is 1. The fraction of sp³-hybridized carbons (Fsp3) is 0.286. The predicted octanol–water partition coefficient (Wildman–Crippen LogP) is 4.26. The van der Waals surface area contributed by atoms with Gasteiger partial charge in [-0.3, -0.25) is 14.6 Å². The highest BCUT2D eigenvalue weighted by molar-refractivity contribution is 6.31. The molecule has 28 heavy (non-hydrogen) atoms. The number of fused-ring (bicyclic) bond motifs is 1. The first kappa shape index (κ1) is 18.6. The number of primary amides is 1. The van der Waals surface area contributed by atoms with E-state index < -0.39 is 5.91 Å². The van der Waals surface area contributed by atoms with Crippen LogP contribution in [0.2, 0.25) is 5.02 Å². The quantitative estimate of drug-likeness (QED) is 0.689. The lowest BCUT2D eigenvalue weighted by Crippen LogP contribution is -2.21. The van der Waals surface area contributed by atoms with Gasteiger partial charge < -0.3 is 10.7 Å². The zero-order valence-electron chi connectivity index (χ0n) is 15.0. The SMILES string of the molecule is NC(=O)c1nccc2[nH]c([C@H]3CCCC[C@@H]3c3ccc(F)cc3Cl)cc(=O)c12. The minimum absolute atomic E-state index is 0.0351. The minimum Gasteiger partial charge on any atom is -0.364 e. The zero-order chi connectivity index (χ0) is 19.8. The summed E-state index contributed by atoms with van der Waals surface area (Å²) in [4.78, 5) is 31.6. The van der Waals surface area contributed by atoms with E-state index in [1.807, 2.05) is 0 Å². The number of rotatable bonds is 3. The van der Waals surface area contributed by atoms with Crippen molar-refractivity contribution in [1.29, 1.82) is 0 Å². The van der Waals surface area contributed by atoms with Crippen LogP contribution < -0.4 is 11.2 Å². The summed E-state index contributed by atoms with van der Waals surface area (Å²) in [5.74, 6) is -0.990. The van der Waals surface area contributed by atoms with Gasteiger partial charge in [0.15, 0.2) is 5.43 Å². The van der Waals surface area contributed by atoms with E-state index in [0.29, 0.717) is 10.5 Å². The average Bonchev–Trinajstić information content (AvgIpc) is 2.67. The molecule has 3 aromatic rings. The van der Waals surface area contributed by atoms with Gasteiger partial charge >= 0.3 is 0 Å². The third-order valence-electron chi connectivity index (χ3n) is 5.52. The smallest absolute Gasteiger partial charge is 0.268 e. The van der Waals surface area contributed by atoms with Gasteiger partial charge in [-0.2, -0.15) is 0 Å². The molecule has 0 aliphatic heterocycles. The van der Waals surface area contributed by atoms with E-state index in [4.69, 9.17) is 17.3 Å². The summed E-state index contributed by atoms with van der Waals surface area (Å²) in [6, 6.07) is 7.67. The summed E-state index contributed by atoms with van der Waals surface area (Å²) in [6.45, 7) is 0. The van der Waals surface area contributed by atoms with Crippen LogP contribution in [-0.2, 0) is 0 Å². The molecule has 4 rings (SSSR count). The summed E-state index contributed by atoms with van der Waals surface area (Å²) >= 11 is 6.33. The molecule has 2 aromatic heterocycles. The predicted molar refractivity (Wildman–Crippen MR) is 106 cm³/mol. The first-order valence-corrected chi connectivity index (χ1v) is 9.60. The molecule has 2 heterocycles. The highest BCUT2D eigenvalue weighted by atomic mass is 35.5. The van der Waals surface area contributed by atoms with Crippen LogP contribution in [0.25, 0.3) is 10.9 Å². The molecule has 3 N–H and O–H groups in total. The largest absolute Gasteiger partial charge is 0.364 e. The van der Waals surface area contributed by atoms with Crippen molar-refractivity contribution in [2.75, 3.05) is 0 Å². The lowest BCUT2D eigenvalue weighted by Gasteiger charge is -2.32. The molecule has 2 atom stereocenters. The fourth-order valence-corrected chi connectivity index (χ4v) is 4.59. The number of nitrogens with zero attached hydrogens (tertiary/aromatic N) is 1. The van der Waals surface area contributed by atoms with Crippen molar-refractivity contribution in [3.63, 3.8) is 0 Å². The number of carbonyl (C=O) groups excluding carboxylic acids is 1. The molecule has 7 heteroatoms. The van der Waals surface area contributed by atoms with Crippen LogP contribution in [0.4, 0.5) is 4.39 Å². The summed E-state index contributed by atoms with van der Waals surface area (Å²) in [7, 11) is 0. The van der Waals surface area contributed by atoms with Crippen LogP contribution >= 0.6 is 11.6 Å². The second-order valence-corrected chi connectivity index (χ2v) is 7.61. The number of amides is 1. The monoisotopic (exact) mass is 399 g/mol. The second-order valence-electron chi connectivity index (χ2n) is 7.20. The maximum absolute atomic E-state index is 13.5. The summed E-state index contributed by atoms with van der Waals surface area (Å²) < 4.78 is 13.5. The molecule has 0 radical (unpaired) electrons. The number of H-pyrrole nitrogens is 1. The van der Waals surface area contributed by atoms with E-state index in [1.165, 1.54) is 24.4 Å². The number of hydrogen-bond donors (Lipinski definition) is 2. The number of hydrogen-bond acceptors (Lipinski definition) is 3. The lowest BCUT2D eigenvalue weighted by atomic mass is 9.73. The Bertz CT molecular complexity index is 1130. The van der Waals surface area contributed by atoms with Gasteiger partial charge in [0.25, 0.3) is 5.91 Å². The lowest BCUT2D eigenvalue weighted by molar-refractivity contribution is 0.0997. The normalized spacial score (nSPS) is 19.6. The Morgan fingerprint density at radius 3 is 2.64 bits per heavy atom. The van der Waals surface area contributed by atoms with Crippen molar-refractivity contribution in [1.82, 2.24) is 9.97 Å². The Morgan fingerprint density at radius 1 is 1.18 bits per heavy atom. The number of halogens is 2. The van der Waals surface area contributed by atoms with E-state index in [1.54, 1.807) is 12.1 Å². The van der Waals surface area contributed by atoms with Gasteiger partial charge in [0.2, 0.25) is 0 Å². The third kappa shape index (κ3) is 3.29. The first-order valence-electron chi connectivity index (χ1n) is 9.22. The summed E-state index contributed by atoms with van der Waals surface area (Å²) in [5.41, 5.74) is 7.23. The van der Waals surface area contributed by atoms with Gasteiger partial charge in [0.05, 0.1) is 10.9 Å². The molecule has 1 aromatic carbocycles. The van der Waals surface area contributed by atoms with Crippen LogP contribution in [0.1, 0.15) is 59.3 Å². The number of nitrogens with one attached hydrogen (secondary N) is 1. The number of aromatic amines is 1. The molecular weight excluding hydrogens is 381 g/mol. The van der Waals surface area contributed by atoms with Gasteiger partial charge in [0.1, 0.15) is 11.5 Å². The number of nitrogens with two attached hydrogens (primary N) is 1. The Kier molecular flexibility index (Phi) is 4.89. The number of pyridine rings is 2. The van der Waals surface area contributed by atoms with Crippen LogP contribution in [0.3, 0.4) is 0 Å². The first-order chi connectivity index (χ1) is 13.5. The van der Waals surface area contributed by atoms with Crippen molar-refractivity contribution >= 4 is 28.4 Å². The van der Waals surface area contributed by atoms with E-state index in [2.05, 4.69) is 9.97 Å². The highest BCUT2D eigenvalue weighted by Gasteiger charge is 2.30. The molecule has 0 saturated heterocycles. The zero-order valence-corrected chi connectivity index (χ0v) is 15.8. The van der Waals surface area contributed by atoms with E-state index >= 15 is 0 Å². The molecule has 1 aliphatic rings. The summed E-state index contributed by atoms with van der Waals surface area (Å²) in [6.07, 6.45) is 5.31. The molecule has 1 saturated carbocycles. The maximum atomic E-state index is 13.5. The third-order valence-corrected chi connectivity index (χ3v) is 5.85. The van der Waals surface area contributed by atoms with E-state index in [9.17, 15) is 14.0 Å². The molecular formula is C21H19ClFN3O2. The van der Waals surface area contributed by atoms with Gasteiger partial charge in [-0.15, -0.1) is 0 Å².